The van der Waals surface area contributed by atoms with Crippen LogP contribution in [0.5, 0.6) is 0 Å². The zero-order chi connectivity index (χ0) is 39.3. The quantitative estimate of drug-likeness (QED) is 0.0599. The Morgan fingerprint density at radius 3 is 2.04 bits per heavy atom. The lowest BCUT2D eigenvalue weighted by molar-refractivity contribution is -0.320. The maximum atomic E-state index is 13.5. The van der Waals surface area contributed by atoms with Gasteiger partial charge in [0.1, 0.15) is 31.0 Å². The molecule has 0 saturated carbocycles. The van der Waals surface area contributed by atoms with E-state index in [1.54, 1.807) is 73.7 Å². The lowest BCUT2D eigenvalue weighted by Crippen LogP contribution is -2.68. The number of nitrogens with zero attached hydrogens (tertiary/aromatic N) is 5. The standard InChI is InChI=1S/C37H40N6O11/c1-22(21-50-23(2)44)33(52-25(4)46)35-32(40-31(47)20-39-43-38)30(51-24(3)45)19-37(54-35,36(48)49)53-34(26-11-7-5-8-12-26)27-15-17-29(18-16-27)42-41-28-13-9-6-10-14-28/h5-18,22,30,32-35H,19-21H2,1-4H3,(H,40,47)(H,48,49)/t22-,30?,32?,33-,34?,35?,37?/m1/s1. The molecule has 1 aliphatic rings. The molecule has 0 radical (unpaired) electrons. The molecule has 5 unspecified atom stereocenters. The van der Waals surface area contributed by atoms with Crippen molar-refractivity contribution in [2.75, 3.05) is 13.2 Å². The van der Waals surface area contributed by atoms with Crippen molar-refractivity contribution in [1.29, 1.82) is 0 Å². The summed E-state index contributed by atoms with van der Waals surface area (Å²) in [4.78, 5) is 65.8. The van der Waals surface area contributed by atoms with Crippen molar-refractivity contribution < 1.29 is 52.8 Å². The second-order valence-corrected chi connectivity index (χ2v) is 12.4. The summed E-state index contributed by atoms with van der Waals surface area (Å²) in [6.07, 6.45) is -6.29. The number of amides is 1. The molecule has 0 aliphatic carbocycles. The molecule has 0 spiro atoms. The molecule has 1 amide bonds. The van der Waals surface area contributed by atoms with E-state index in [9.17, 15) is 29.1 Å². The number of hydrogen-bond acceptors (Lipinski definition) is 13. The van der Waals surface area contributed by atoms with Gasteiger partial charge in [0.15, 0.2) is 0 Å². The third-order valence-corrected chi connectivity index (χ3v) is 8.18. The molecule has 7 atom stereocenters. The molecule has 17 heteroatoms. The minimum Gasteiger partial charge on any atom is -0.477 e. The number of nitrogens with one attached hydrogen (secondary N) is 1. The Morgan fingerprint density at radius 1 is 0.889 bits per heavy atom. The lowest BCUT2D eigenvalue weighted by atomic mass is 9.85. The first-order valence-electron chi connectivity index (χ1n) is 16.8. The van der Waals surface area contributed by atoms with Crippen molar-refractivity contribution in [3.05, 3.63) is 106 Å². The van der Waals surface area contributed by atoms with Crippen LogP contribution in [-0.4, -0.2) is 78.2 Å². The highest BCUT2D eigenvalue weighted by Crippen LogP contribution is 2.41. The largest absolute Gasteiger partial charge is 0.477 e. The molecule has 17 nitrogen and oxygen atoms in total. The van der Waals surface area contributed by atoms with Gasteiger partial charge in [-0.3, -0.25) is 19.2 Å². The number of ether oxygens (including phenoxy) is 5. The minimum absolute atomic E-state index is 0.313. The molecule has 0 bridgehead atoms. The van der Waals surface area contributed by atoms with Gasteiger partial charge in [-0.1, -0.05) is 72.7 Å². The van der Waals surface area contributed by atoms with E-state index < -0.39 is 84.9 Å². The summed E-state index contributed by atoms with van der Waals surface area (Å²) in [7, 11) is 0. The monoisotopic (exact) mass is 744 g/mol. The SMILES string of the molecule is CC(=O)OC[C@@H](C)[C@@H](OC(C)=O)C1OC(OC(c2ccccc2)c2ccc(N=Nc3ccccc3)cc2)(C(=O)O)CC(OC(C)=O)C1NC(=O)CN=[N+]=[N-]. The van der Waals surface area contributed by atoms with E-state index in [0.717, 1.165) is 13.8 Å². The number of azide groups is 1. The Morgan fingerprint density at radius 2 is 1.48 bits per heavy atom. The van der Waals surface area contributed by atoms with Gasteiger partial charge < -0.3 is 34.1 Å². The molecule has 54 heavy (non-hydrogen) atoms. The van der Waals surface area contributed by atoms with Crippen molar-refractivity contribution in [3.63, 3.8) is 0 Å². The highest BCUT2D eigenvalue weighted by Gasteiger charge is 2.59. The molecule has 1 heterocycles. The molecular formula is C37H40N6O11. The fourth-order valence-corrected chi connectivity index (χ4v) is 5.83. The van der Waals surface area contributed by atoms with Crippen LogP contribution in [0.4, 0.5) is 11.4 Å². The van der Waals surface area contributed by atoms with Crippen LogP contribution in [0.1, 0.15) is 51.3 Å². The van der Waals surface area contributed by atoms with Gasteiger partial charge in [-0.2, -0.15) is 10.2 Å². The van der Waals surface area contributed by atoms with Crippen LogP contribution in [0.3, 0.4) is 0 Å². The van der Waals surface area contributed by atoms with Crippen molar-refractivity contribution in [2.45, 2.75) is 70.4 Å². The Labute approximate surface area is 310 Å². The molecule has 4 rings (SSSR count). The van der Waals surface area contributed by atoms with Gasteiger partial charge in [0.05, 0.1) is 30.4 Å². The fourth-order valence-electron chi connectivity index (χ4n) is 5.83. The van der Waals surface area contributed by atoms with Crippen LogP contribution >= 0.6 is 0 Å². The number of aliphatic carboxylic acids is 1. The number of azo groups is 1. The van der Waals surface area contributed by atoms with E-state index in [2.05, 4.69) is 25.6 Å². The Bertz CT molecular complexity index is 1850. The van der Waals surface area contributed by atoms with Crippen molar-refractivity contribution in [1.82, 2.24) is 5.32 Å². The van der Waals surface area contributed by atoms with Crippen molar-refractivity contribution in [3.8, 4) is 0 Å². The number of carbonyl (C=O) groups is 5. The van der Waals surface area contributed by atoms with Crippen LogP contribution in [0.2, 0.25) is 0 Å². The topological polar surface area (TPSA) is 237 Å². The van der Waals surface area contributed by atoms with Crippen molar-refractivity contribution >= 4 is 41.2 Å². The van der Waals surface area contributed by atoms with Crippen molar-refractivity contribution in [2.24, 2.45) is 21.3 Å². The van der Waals surface area contributed by atoms with E-state index in [-0.39, 0.29) is 6.61 Å². The van der Waals surface area contributed by atoms with E-state index in [4.69, 9.17) is 29.2 Å². The van der Waals surface area contributed by atoms with E-state index in [1.165, 1.54) is 6.92 Å². The molecule has 1 fully saturated rings. The average Bonchev–Trinajstić information content (AvgIpc) is 3.15. The zero-order valence-corrected chi connectivity index (χ0v) is 29.9. The summed E-state index contributed by atoms with van der Waals surface area (Å²) in [5.74, 6) is -8.27. The molecule has 0 aromatic heterocycles. The first kappa shape index (κ1) is 40.6. The number of esters is 3. The molecule has 3 aromatic rings. The third kappa shape index (κ3) is 11.2. The predicted octanol–water partition coefficient (Wildman–Crippen LogP) is 5.64. The number of carboxylic acid groups (broad SMARTS) is 1. The van der Waals surface area contributed by atoms with Gasteiger partial charge in [0.2, 0.25) is 5.91 Å². The summed E-state index contributed by atoms with van der Waals surface area (Å²) in [6.45, 7) is 3.91. The van der Waals surface area contributed by atoms with E-state index in [0.29, 0.717) is 22.5 Å². The first-order valence-corrected chi connectivity index (χ1v) is 16.8. The van der Waals surface area contributed by atoms with Crippen LogP contribution in [-0.2, 0) is 47.7 Å². The van der Waals surface area contributed by atoms with E-state index in [1.807, 2.05) is 18.2 Å². The van der Waals surface area contributed by atoms with Gasteiger partial charge >= 0.3 is 23.9 Å². The smallest absolute Gasteiger partial charge is 0.364 e. The number of benzene rings is 3. The van der Waals surface area contributed by atoms with Gasteiger partial charge in [-0.05, 0) is 40.9 Å². The summed E-state index contributed by atoms with van der Waals surface area (Å²) >= 11 is 0. The fraction of sp³-hybridized carbons (Fsp3) is 0.378. The maximum Gasteiger partial charge on any atom is 0.364 e. The maximum absolute atomic E-state index is 13.5. The van der Waals surface area contributed by atoms with Crippen LogP contribution in [0, 0.1) is 5.92 Å². The second kappa shape index (κ2) is 19.1. The van der Waals surface area contributed by atoms with Crippen LogP contribution < -0.4 is 5.32 Å². The number of rotatable bonds is 16. The normalized spacial score (nSPS) is 21.1. The Hall–Kier alpha value is -6.16. The molecule has 2 N–H and O–H groups in total. The molecule has 1 saturated heterocycles. The van der Waals surface area contributed by atoms with Gasteiger partial charge in [0, 0.05) is 31.6 Å². The lowest BCUT2D eigenvalue weighted by Gasteiger charge is -2.49. The summed E-state index contributed by atoms with van der Waals surface area (Å²) in [5, 5.41) is 25.3. The third-order valence-electron chi connectivity index (χ3n) is 8.18. The van der Waals surface area contributed by atoms with Gasteiger partial charge in [-0.15, -0.1) is 0 Å². The number of carboxylic acids is 1. The van der Waals surface area contributed by atoms with E-state index >= 15 is 0 Å². The average molecular weight is 745 g/mol. The number of hydrogen-bond donors (Lipinski definition) is 2. The number of carbonyl (C=O) groups excluding carboxylic acids is 4. The Kier molecular flexibility index (Phi) is 14.3. The van der Waals surface area contributed by atoms with Crippen LogP contribution in [0.15, 0.2) is 100 Å². The summed E-state index contributed by atoms with van der Waals surface area (Å²) in [5.41, 5.74) is 10.9. The first-order chi connectivity index (χ1) is 25.8. The highest BCUT2D eigenvalue weighted by molar-refractivity contribution is 5.79. The predicted molar refractivity (Wildman–Crippen MR) is 189 cm³/mol. The van der Waals surface area contributed by atoms with Crippen LogP contribution in [0.25, 0.3) is 10.4 Å². The second-order valence-electron chi connectivity index (χ2n) is 12.4. The summed E-state index contributed by atoms with van der Waals surface area (Å²) in [6, 6.07) is 23.1. The molecule has 284 valence electrons. The molecular weight excluding hydrogens is 704 g/mol. The Balaban J connectivity index is 1.83. The summed E-state index contributed by atoms with van der Waals surface area (Å²) < 4.78 is 29.3. The molecule has 1 aliphatic heterocycles. The van der Waals surface area contributed by atoms with Gasteiger partial charge in [-0.25, -0.2) is 4.79 Å². The van der Waals surface area contributed by atoms with Gasteiger partial charge in [0.25, 0.3) is 5.79 Å². The zero-order valence-electron chi connectivity index (χ0n) is 29.9. The minimum atomic E-state index is -2.62. The highest BCUT2D eigenvalue weighted by atomic mass is 16.7. The molecule has 3 aromatic carbocycles.